The Bertz CT molecular complexity index is 976. The summed E-state index contributed by atoms with van der Waals surface area (Å²) >= 11 is 0. The lowest BCUT2D eigenvalue weighted by Gasteiger charge is -2.23. The van der Waals surface area contributed by atoms with Gasteiger partial charge in [-0.3, -0.25) is 0 Å². The highest BCUT2D eigenvalue weighted by molar-refractivity contribution is 5.96. The van der Waals surface area contributed by atoms with E-state index in [0.29, 0.717) is 6.61 Å². The number of fused-ring (bicyclic) bond motifs is 1. The van der Waals surface area contributed by atoms with Crippen LogP contribution in [-0.2, 0) is 10.3 Å². The SMILES string of the molecule is Cc1cc(C)cc(C2(C)C=C(c3ccc(C)c4ccccc34)CO2)c1. The van der Waals surface area contributed by atoms with Crippen molar-refractivity contribution in [2.45, 2.75) is 33.3 Å². The van der Waals surface area contributed by atoms with Crippen LogP contribution in [0, 0.1) is 20.8 Å². The molecule has 1 heterocycles. The highest BCUT2D eigenvalue weighted by Crippen LogP contribution is 2.39. The van der Waals surface area contributed by atoms with Crippen molar-refractivity contribution in [3.05, 3.63) is 88.5 Å². The molecule has 0 radical (unpaired) electrons. The average Bonchev–Trinajstić information content (AvgIpc) is 2.98. The largest absolute Gasteiger partial charge is 0.362 e. The number of rotatable bonds is 2. The zero-order valence-electron chi connectivity index (χ0n) is 15.4. The fourth-order valence-corrected chi connectivity index (χ4v) is 3.96. The molecule has 0 aliphatic carbocycles. The highest BCUT2D eigenvalue weighted by atomic mass is 16.5. The predicted octanol–water partition coefficient (Wildman–Crippen LogP) is 6.09. The van der Waals surface area contributed by atoms with E-state index in [2.05, 4.69) is 88.4 Å². The third kappa shape index (κ3) is 2.79. The van der Waals surface area contributed by atoms with Crippen LogP contribution in [-0.4, -0.2) is 6.61 Å². The molecule has 0 N–H and O–H groups in total. The second kappa shape index (κ2) is 5.86. The number of hydrogen-bond acceptors (Lipinski definition) is 1. The molecule has 1 unspecified atom stereocenters. The third-order valence-electron chi connectivity index (χ3n) is 5.26. The molecular formula is C24H24O. The van der Waals surface area contributed by atoms with Crippen molar-refractivity contribution in [3.8, 4) is 0 Å². The van der Waals surface area contributed by atoms with E-state index in [4.69, 9.17) is 4.74 Å². The van der Waals surface area contributed by atoms with Crippen LogP contribution in [0.4, 0.5) is 0 Å². The van der Waals surface area contributed by atoms with Gasteiger partial charge in [-0.15, -0.1) is 0 Å². The summed E-state index contributed by atoms with van der Waals surface area (Å²) in [4.78, 5) is 0. The van der Waals surface area contributed by atoms with Crippen LogP contribution in [0.5, 0.6) is 0 Å². The number of ether oxygens (including phenoxy) is 1. The lowest BCUT2D eigenvalue weighted by molar-refractivity contribution is 0.0404. The molecule has 3 aromatic carbocycles. The summed E-state index contributed by atoms with van der Waals surface area (Å²) in [5.41, 5.74) is 7.31. The summed E-state index contributed by atoms with van der Waals surface area (Å²) in [6, 6.07) is 19.8. The van der Waals surface area contributed by atoms with Crippen molar-refractivity contribution in [1.82, 2.24) is 0 Å². The molecule has 0 amide bonds. The molecule has 3 aromatic rings. The molecular weight excluding hydrogens is 304 g/mol. The van der Waals surface area contributed by atoms with Crippen LogP contribution in [0.15, 0.2) is 60.7 Å². The van der Waals surface area contributed by atoms with Gasteiger partial charge in [0.25, 0.3) is 0 Å². The summed E-state index contributed by atoms with van der Waals surface area (Å²) in [5, 5.41) is 2.63. The summed E-state index contributed by atoms with van der Waals surface area (Å²) in [7, 11) is 0. The average molecular weight is 328 g/mol. The Morgan fingerprint density at radius 2 is 1.52 bits per heavy atom. The zero-order valence-corrected chi connectivity index (χ0v) is 15.4. The van der Waals surface area contributed by atoms with E-state index >= 15 is 0 Å². The maximum atomic E-state index is 6.29. The van der Waals surface area contributed by atoms with Crippen LogP contribution >= 0.6 is 0 Å². The molecule has 0 saturated carbocycles. The van der Waals surface area contributed by atoms with Gasteiger partial charge in [-0.25, -0.2) is 0 Å². The number of hydrogen-bond donors (Lipinski definition) is 0. The molecule has 1 atom stereocenters. The van der Waals surface area contributed by atoms with Crippen LogP contribution in [0.25, 0.3) is 16.3 Å². The Hall–Kier alpha value is -2.38. The molecule has 0 spiro atoms. The van der Waals surface area contributed by atoms with E-state index in [1.54, 1.807) is 0 Å². The van der Waals surface area contributed by atoms with Crippen LogP contribution in [0.3, 0.4) is 0 Å². The van der Waals surface area contributed by atoms with Crippen LogP contribution in [0.2, 0.25) is 0 Å². The first-order valence-corrected chi connectivity index (χ1v) is 8.89. The van der Waals surface area contributed by atoms with Gasteiger partial charge in [-0.1, -0.05) is 65.7 Å². The van der Waals surface area contributed by atoms with Gasteiger partial charge in [-0.05, 0) is 66.8 Å². The van der Waals surface area contributed by atoms with Gasteiger partial charge in [0.1, 0.15) is 5.60 Å². The fraction of sp³-hybridized carbons (Fsp3) is 0.250. The van der Waals surface area contributed by atoms with Crippen LogP contribution < -0.4 is 0 Å². The molecule has 0 bridgehead atoms. The van der Waals surface area contributed by atoms with Crippen molar-refractivity contribution in [2.75, 3.05) is 6.61 Å². The quantitative estimate of drug-likeness (QED) is 0.553. The third-order valence-corrected chi connectivity index (χ3v) is 5.26. The fourth-order valence-electron chi connectivity index (χ4n) is 3.96. The topological polar surface area (TPSA) is 9.23 Å². The van der Waals surface area contributed by atoms with Crippen molar-refractivity contribution in [2.24, 2.45) is 0 Å². The van der Waals surface area contributed by atoms with Gasteiger partial charge in [0.2, 0.25) is 0 Å². The zero-order chi connectivity index (χ0) is 17.6. The van der Waals surface area contributed by atoms with Gasteiger partial charge in [0.05, 0.1) is 6.61 Å². The van der Waals surface area contributed by atoms with E-state index in [1.165, 1.54) is 44.2 Å². The Morgan fingerprint density at radius 3 is 2.24 bits per heavy atom. The second-order valence-electron chi connectivity index (χ2n) is 7.42. The molecule has 0 saturated heterocycles. The summed E-state index contributed by atoms with van der Waals surface area (Å²) in [6.07, 6.45) is 2.30. The summed E-state index contributed by atoms with van der Waals surface area (Å²) in [5.74, 6) is 0. The maximum Gasteiger partial charge on any atom is 0.110 e. The Kier molecular flexibility index (Phi) is 3.77. The first-order chi connectivity index (χ1) is 12.0. The van der Waals surface area contributed by atoms with E-state index < -0.39 is 0 Å². The van der Waals surface area contributed by atoms with Gasteiger partial charge >= 0.3 is 0 Å². The Labute approximate surface area is 150 Å². The molecule has 1 heteroatoms. The number of benzene rings is 3. The van der Waals surface area contributed by atoms with Crippen molar-refractivity contribution >= 4 is 16.3 Å². The lowest BCUT2D eigenvalue weighted by Crippen LogP contribution is -2.19. The van der Waals surface area contributed by atoms with Gasteiger partial charge in [-0.2, -0.15) is 0 Å². The summed E-state index contributed by atoms with van der Waals surface area (Å²) in [6.45, 7) is 9.28. The molecule has 0 fully saturated rings. The second-order valence-corrected chi connectivity index (χ2v) is 7.42. The molecule has 126 valence electrons. The first-order valence-electron chi connectivity index (χ1n) is 8.89. The van der Waals surface area contributed by atoms with Crippen LogP contribution in [0.1, 0.15) is 34.7 Å². The van der Waals surface area contributed by atoms with E-state index in [0.717, 1.165) is 0 Å². The normalized spacial score (nSPS) is 20.1. The minimum Gasteiger partial charge on any atom is -0.362 e. The van der Waals surface area contributed by atoms with Crippen molar-refractivity contribution in [3.63, 3.8) is 0 Å². The van der Waals surface area contributed by atoms with Gasteiger partial charge in [0, 0.05) is 0 Å². The van der Waals surface area contributed by atoms with E-state index in [1.807, 2.05) is 0 Å². The first kappa shape index (κ1) is 16.1. The molecule has 1 nitrogen and oxygen atoms in total. The van der Waals surface area contributed by atoms with E-state index in [-0.39, 0.29) is 5.60 Å². The minimum absolute atomic E-state index is 0.363. The minimum atomic E-state index is -0.363. The Balaban J connectivity index is 1.83. The highest BCUT2D eigenvalue weighted by Gasteiger charge is 2.32. The summed E-state index contributed by atoms with van der Waals surface area (Å²) < 4.78 is 6.29. The van der Waals surface area contributed by atoms with Crippen molar-refractivity contribution in [1.29, 1.82) is 0 Å². The molecule has 0 aromatic heterocycles. The molecule has 1 aliphatic rings. The lowest BCUT2D eigenvalue weighted by atomic mass is 9.90. The Morgan fingerprint density at radius 1 is 0.840 bits per heavy atom. The smallest absolute Gasteiger partial charge is 0.110 e. The standard InChI is InChI=1S/C24H24O/c1-16-11-17(2)13-20(12-16)24(4)14-19(15-25-24)22-10-9-18(3)21-7-5-6-8-23(21)22/h5-14H,15H2,1-4H3. The van der Waals surface area contributed by atoms with Crippen molar-refractivity contribution < 1.29 is 4.74 Å². The maximum absolute atomic E-state index is 6.29. The van der Waals surface area contributed by atoms with Gasteiger partial charge < -0.3 is 4.74 Å². The molecule has 4 rings (SSSR count). The number of aryl methyl sites for hydroxylation is 3. The van der Waals surface area contributed by atoms with Gasteiger partial charge in [0.15, 0.2) is 0 Å². The molecule has 25 heavy (non-hydrogen) atoms. The predicted molar refractivity (Wildman–Crippen MR) is 106 cm³/mol. The van der Waals surface area contributed by atoms with E-state index in [9.17, 15) is 0 Å². The monoisotopic (exact) mass is 328 g/mol. The molecule has 1 aliphatic heterocycles.